The molecule has 0 unspecified atom stereocenters. The van der Waals surface area contributed by atoms with E-state index in [2.05, 4.69) is 0 Å². The highest BCUT2D eigenvalue weighted by atomic mass is 35.5. The van der Waals surface area contributed by atoms with Gasteiger partial charge in [0.1, 0.15) is 5.75 Å². The van der Waals surface area contributed by atoms with Crippen molar-refractivity contribution in [3.05, 3.63) is 69.9 Å². The summed E-state index contributed by atoms with van der Waals surface area (Å²) in [6.07, 6.45) is 1.58. The number of ether oxygens (including phenoxy) is 1. The van der Waals surface area contributed by atoms with E-state index in [9.17, 15) is 9.59 Å². The third kappa shape index (κ3) is 2.53. The first-order valence-electron chi connectivity index (χ1n) is 6.12. The van der Waals surface area contributed by atoms with Crippen LogP contribution < -0.4 is 4.74 Å². The molecule has 0 spiro atoms. The predicted molar refractivity (Wildman–Crippen MR) is 77.8 cm³/mol. The molecular weight excluding hydrogens is 292 g/mol. The average molecular weight is 301 g/mol. The molecule has 4 nitrogen and oxygen atoms in total. The maximum absolute atomic E-state index is 12.2. The molecule has 0 bridgehead atoms. The number of Topliss-reactive ketones (excluding diaryl/α,β-unsaturated/α-hetero) is 1. The van der Waals surface area contributed by atoms with Crippen molar-refractivity contribution >= 4 is 29.4 Å². The first kappa shape index (κ1) is 13.4. The highest BCUT2D eigenvalue weighted by Crippen LogP contribution is 2.32. The summed E-state index contributed by atoms with van der Waals surface area (Å²) in [6, 6.07) is 11.2. The number of hydrogen-bond acceptors (Lipinski definition) is 3. The summed E-state index contributed by atoms with van der Waals surface area (Å²) in [4.78, 5) is 23.2. The molecule has 3 rings (SSSR count). The Morgan fingerprint density at radius 1 is 1.19 bits per heavy atom. The molecule has 0 saturated carbocycles. The van der Waals surface area contributed by atoms with Crippen molar-refractivity contribution in [2.45, 2.75) is 0 Å². The molecule has 0 aliphatic carbocycles. The average Bonchev–Trinajstić information content (AvgIpc) is 2.75. The number of allylic oxidation sites excluding steroid dienone is 1. The zero-order chi connectivity index (χ0) is 15.0. The summed E-state index contributed by atoms with van der Waals surface area (Å²) in [5.41, 5.74) is 1.04. The third-order valence-electron chi connectivity index (χ3n) is 3.06. The molecule has 1 aliphatic rings. The molecule has 0 saturated heterocycles. The highest BCUT2D eigenvalue weighted by Gasteiger charge is 2.28. The Hall–Kier alpha value is -2.59. The lowest BCUT2D eigenvalue weighted by Crippen LogP contribution is -2.00. The molecule has 5 heteroatoms. The van der Waals surface area contributed by atoms with Crippen LogP contribution in [0.3, 0.4) is 0 Å². The summed E-state index contributed by atoms with van der Waals surface area (Å²) in [6.45, 7) is 0. The van der Waals surface area contributed by atoms with Gasteiger partial charge in [-0.05, 0) is 42.0 Å². The maximum atomic E-state index is 12.2. The van der Waals surface area contributed by atoms with Crippen LogP contribution in [0.4, 0.5) is 0 Å². The summed E-state index contributed by atoms with van der Waals surface area (Å²) >= 11 is 5.89. The summed E-state index contributed by atoms with van der Waals surface area (Å²) < 4.78 is 5.47. The van der Waals surface area contributed by atoms with Crippen molar-refractivity contribution in [1.82, 2.24) is 0 Å². The highest BCUT2D eigenvalue weighted by molar-refractivity contribution is 6.30. The monoisotopic (exact) mass is 300 g/mol. The number of ketones is 1. The first-order chi connectivity index (χ1) is 10.0. The topological polar surface area (TPSA) is 63.6 Å². The second-order valence-corrected chi connectivity index (χ2v) is 4.95. The fourth-order valence-corrected chi connectivity index (χ4v) is 2.27. The van der Waals surface area contributed by atoms with Gasteiger partial charge in [0, 0.05) is 5.02 Å². The van der Waals surface area contributed by atoms with Crippen LogP contribution in [0, 0.1) is 0 Å². The van der Waals surface area contributed by atoms with Gasteiger partial charge in [0.2, 0.25) is 5.78 Å². The lowest BCUT2D eigenvalue weighted by Gasteiger charge is -1.99. The fraction of sp³-hybridized carbons (Fsp3) is 0. The number of aromatic carboxylic acids is 1. The van der Waals surface area contributed by atoms with E-state index in [0.29, 0.717) is 10.8 Å². The van der Waals surface area contributed by atoms with Crippen LogP contribution in [0.25, 0.3) is 6.08 Å². The van der Waals surface area contributed by atoms with E-state index in [1.165, 1.54) is 18.2 Å². The molecule has 1 heterocycles. The van der Waals surface area contributed by atoms with Gasteiger partial charge in [-0.15, -0.1) is 0 Å². The molecule has 0 fully saturated rings. The molecular formula is C16H9ClO4. The van der Waals surface area contributed by atoms with Crippen LogP contribution in [-0.2, 0) is 0 Å². The van der Waals surface area contributed by atoms with E-state index in [4.69, 9.17) is 21.4 Å². The molecule has 0 radical (unpaired) electrons. The summed E-state index contributed by atoms with van der Waals surface area (Å²) in [7, 11) is 0. The zero-order valence-corrected chi connectivity index (χ0v) is 11.4. The Labute approximate surface area is 125 Å². The summed E-state index contributed by atoms with van der Waals surface area (Å²) in [5, 5.41) is 9.51. The number of halogens is 1. The molecule has 1 aliphatic heterocycles. The van der Waals surface area contributed by atoms with E-state index in [1.807, 2.05) is 0 Å². The first-order valence-corrected chi connectivity index (χ1v) is 6.49. The Bertz CT molecular complexity index is 793. The van der Waals surface area contributed by atoms with E-state index in [1.54, 1.807) is 30.3 Å². The maximum Gasteiger partial charge on any atom is 0.335 e. The van der Waals surface area contributed by atoms with E-state index < -0.39 is 5.97 Å². The number of carboxylic acids is 1. The van der Waals surface area contributed by atoms with Crippen LogP contribution in [0.5, 0.6) is 5.75 Å². The second kappa shape index (κ2) is 5.07. The van der Waals surface area contributed by atoms with Gasteiger partial charge in [0.05, 0.1) is 11.1 Å². The van der Waals surface area contributed by atoms with Gasteiger partial charge in [-0.1, -0.05) is 23.7 Å². The smallest absolute Gasteiger partial charge is 0.335 e. The Balaban J connectivity index is 1.99. The normalized spacial score (nSPS) is 14.9. The number of carboxylic acid groups (broad SMARTS) is 1. The van der Waals surface area contributed by atoms with Crippen molar-refractivity contribution in [3.63, 3.8) is 0 Å². The van der Waals surface area contributed by atoms with Gasteiger partial charge in [-0.25, -0.2) is 4.79 Å². The van der Waals surface area contributed by atoms with Gasteiger partial charge in [0.15, 0.2) is 5.76 Å². The Morgan fingerprint density at radius 3 is 2.71 bits per heavy atom. The van der Waals surface area contributed by atoms with Gasteiger partial charge >= 0.3 is 5.97 Å². The largest absolute Gasteiger partial charge is 0.478 e. The second-order valence-electron chi connectivity index (χ2n) is 4.51. The molecule has 0 aromatic heterocycles. The number of carbonyl (C=O) groups excluding carboxylic acids is 1. The van der Waals surface area contributed by atoms with E-state index in [0.717, 1.165) is 5.56 Å². The zero-order valence-electron chi connectivity index (χ0n) is 10.7. The van der Waals surface area contributed by atoms with Crippen LogP contribution >= 0.6 is 11.6 Å². The lowest BCUT2D eigenvalue weighted by molar-refractivity contribution is 0.0697. The number of rotatable bonds is 2. The minimum Gasteiger partial charge on any atom is -0.478 e. The standard InChI is InChI=1S/C16H9ClO4/c17-11-3-1-2-9(6-11)7-14-15(18)12-8-10(16(19)20)4-5-13(12)21-14/h1-8H,(H,19,20)/b14-7-. The Morgan fingerprint density at radius 2 is 2.00 bits per heavy atom. The lowest BCUT2D eigenvalue weighted by atomic mass is 10.1. The molecule has 2 aromatic rings. The number of benzene rings is 2. The summed E-state index contributed by atoms with van der Waals surface area (Å²) in [5.74, 6) is -0.918. The van der Waals surface area contributed by atoms with Gasteiger partial charge in [-0.2, -0.15) is 0 Å². The van der Waals surface area contributed by atoms with Gasteiger partial charge < -0.3 is 9.84 Å². The quantitative estimate of drug-likeness (QED) is 0.860. The van der Waals surface area contributed by atoms with Crippen LogP contribution in [0.1, 0.15) is 26.3 Å². The van der Waals surface area contributed by atoms with Crippen LogP contribution in [-0.4, -0.2) is 16.9 Å². The predicted octanol–water partition coefficient (Wildman–Crippen LogP) is 3.65. The minimum absolute atomic E-state index is 0.0507. The number of hydrogen-bond donors (Lipinski definition) is 1. The van der Waals surface area contributed by atoms with Crippen molar-refractivity contribution < 1.29 is 19.4 Å². The minimum atomic E-state index is -1.09. The van der Waals surface area contributed by atoms with E-state index >= 15 is 0 Å². The number of fused-ring (bicyclic) bond motifs is 1. The fourth-order valence-electron chi connectivity index (χ4n) is 2.07. The SMILES string of the molecule is O=C(O)c1ccc2c(c1)C(=O)/C(=C/c1cccc(Cl)c1)O2. The third-order valence-corrected chi connectivity index (χ3v) is 3.30. The van der Waals surface area contributed by atoms with Crippen molar-refractivity contribution in [1.29, 1.82) is 0 Å². The van der Waals surface area contributed by atoms with Crippen molar-refractivity contribution in [3.8, 4) is 5.75 Å². The molecule has 21 heavy (non-hydrogen) atoms. The molecule has 1 N–H and O–H groups in total. The van der Waals surface area contributed by atoms with Crippen molar-refractivity contribution in [2.75, 3.05) is 0 Å². The molecule has 104 valence electrons. The van der Waals surface area contributed by atoms with Gasteiger partial charge in [0.25, 0.3) is 0 Å². The Kier molecular flexibility index (Phi) is 3.23. The van der Waals surface area contributed by atoms with Crippen LogP contribution in [0.15, 0.2) is 48.2 Å². The van der Waals surface area contributed by atoms with Crippen LogP contribution in [0.2, 0.25) is 5.02 Å². The van der Waals surface area contributed by atoms with Gasteiger partial charge in [-0.3, -0.25) is 4.79 Å². The molecule has 2 aromatic carbocycles. The number of carbonyl (C=O) groups is 2. The van der Waals surface area contributed by atoms with Crippen molar-refractivity contribution in [2.24, 2.45) is 0 Å². The van der Waals surface area contributed by atoms with E-state index in [-0.39, 0.29) is 22.7 Å². The molecule has 0 amide bonds. The molecule has 0 atom stereocenters.